The van der Waals surface area contributed by atoms with Gasteiger partial charge < -0.3 is 13.9 Å². The zero-order valence-electron chi connectivity index (χ0n) is 11.8. The van der Waals surface area contributed by atoms with Gasteiger partial charge in [0.25, 0.3) is 5.89 Å². The molecule has 2 aromatic carbocycles. The Kier molecular flexibility index (Phi) is 4.25. The van der Waals surface area contributed by atoms with Crippen molar-refractivity contribution in [3.8, 4) is 23.0 Å². The normalized spacial score (nSPS) is 10.5. The van der Waals surface area contributed by atoms with Gasteiger partial charge in [0.2, 0.25) is 5.89 Å². The number of aromatic nitrogens is 2. The minimum Gasteiger partial charge on any atom is -0.497 e. The summed E-state index contributed by atoms with van der Waals surface area (Å²) in [4.78, 5) is 0. The molecule has 22 heavy (non-hydrogen) atoms. The monoisotopic (exact) mass is 316 g/mol. The van der Waals surface area contributed by atoms with Crippen LogP contribution in [0.4, 0.5) is 0 Å². The van der Waals surface area contributed by atoms with Crippen molar-refractivity contribution in [2.45, 2.75) is 6.61 Å². The number of hydrogen-bond acceptors (Lipinski definition) is 5. The van der Waals surface area contributed by atoms with Crippen molar-refractivity contribution in [3.63, 3.8) is 0 Å². The van der Waals surface area contributed by atoms with Gasteiger partial charge in [0, 0.05) is 16.7 Å². The van der Waals surface area contributed by atoms with E-state index in [1.54, 1.807) is 25.3 Å². The molecule has 1 heterocycles. The predicted octanol–water partition coefficient (Wildman–Crippen LogP) is 3.98. The second kappa shape index (κ2) is 6.49. The maximum Gasteiger partial charge on any atom is 0.254 e. The van der Waals surface area contributed by atoms with E-state index in [1.165, 1.54) is 0 Å². The molecule has 0 bridgehead atoms. The Morgan fingerprint density at radius 2 is 1.86 bits per heavy atom. The highest BCUT2D eigenvalue weighted by atomic mass is 35.5. The van der Waals surface area contributed by atoms with Crippen LogP contribution < -0.4 is 9.47 Å². The Morgan fingerprint density at radius 1 is 1.05 bits per heavy atom. The number of rotatable bonds is 5. The van der Waals surface area contributed by atoms with Gasteiger partial charge in [-0.1, -0.05) is 23.7 Å². The lowest BCUT2D eigenvalue weighted by Gasteiger charge is -2.05. The third-order valence-electron chi connectivity index (χ3n) is 2.94. The smallest absolute Gasteiger partial charge is 0.254 e. The standard InChI is InChI=1S/C16H13ClN2O3/c1-20-13-6-3-7-14(9-13)21-10-15-18-19-16(22-15)11-4-2-5-12(17)8-11/h2-9H,10H2,1H3. The molecule has 0 aliphatic carbocycles. The minimum absolute atomic E-state index is 0.181. The van der Waals surface area contributed by atoms with Crippen molar-refractivity contribution in [1.29, 1.82) is 0 Å². The van der Waals surface area contributed by atoms with Gasteiger partial charge in [-0.3, -0.25) is 0 Å². The summed E-state index contributed by atoms with van der Waals surface area (Å²) in [6, 6.07) is 14.5. The predicted molar refractivity (Wildman–Crippen MR) is 82.1 cm³/mol. The molecule has 0 aliphatic rings. The van der Waals surface area contributed by atoms with Crippen molar-refractivity contribution < 1.29 is 13.9 Å². The third-order valence-corrected chi connectivity index (χ3v) is 3.18. The van der Waals surface area contributed by atoms with E-state index in [1.807, 2.05) is 30.3 Å². The number of hydrogen-bond donors (Lipinski definition) is 0. The van der Waals surface area contributed by atoms with E-state index in [0.29, 0.717) is 22.6 Å². The molecule has 0 aliphatic heterocycles. The van der Waals surface area contributed by atoms with Crippen molar-refractivity contribution >= 4 is 11.6 Å². The van der Waals surface area contributed by atoms with E-state index in [9.17, 15) is 0 Å². The molecule has 0 atom stereocenters. The molecule has 0 N–H and O–H groups in total. The quantitative estimate of drug-likeness (QED) is 0.712. The van der Waals surface area contributed by atoms with Crippen LogP contribution in [0.2, 0.25) is 5.02 Å². The molecular formula is C16H13ClN2O3. The van der Waals surface area contributed by atoms with E-state index in [2.05, 4.69) is 10.2 Å². The highest BCUT2D eigenvalue weighted by Crippen LogP contribution is 2.23. The van der Waals surface area contributed by atoms with Crippen molar-refractivity contribution in [2.75, 3.05) is 7.11 Å². The van der Waals surface area contributed by atoms with Crippen molar-refractivity contribution in [2.24, 2.45) is 0 Å². The van der Waals surface area contributed by atoms with E-state index in [-0.39, 0.29) is 6.61 Å². The molecule has 0 saturated heterocycles. The fourth-order valence-electron chi connectivity index (χ4n) is 1.89. The summed E-state index contributed by atoms with van der Waals surface area (Å²) in [7, 11) is 1.61. The largest absolute Gasteiger partial charge is 0.497 e. The summed E-state index contributed by atoms with van der Waals surface area (Å²) in [6.07, 6.45) is 0. The lowest BCUT2D eigenvalue weighted by Crippen LogP contribution is -1.96. The van der Waals surface area contributed by atoms with Gasteiger partial charge in [-0.25, -0.2) is 0 Å². The Hall–Kier alpha value is -2.53. The highest BCUT2D eigenvalue weighted by Gasteiger charge is 2.09. The summed E-state index contributed by atoms with van der Waals surface area (Å²) < 4.78 is 16.3. The van der Waals surface area contributed by atoms with E-state index < -0.39 is 0 Å². The summed E-state index contributed by atoms with van der Waals surface area (Å²) in [6.45, 7) is 0.181. The average molecular weight is 317 g/mol. The van der Waals surface area contributed by atoms with Crippen LogP contribution in [0.15, 0.2) is 52.9 Å². The Bertz CT molecular complexity index is 773. The molecule has 0 spiro atoms. The third kappa shape index (κ3) is 3.38. The van der Waals surface area contributed by atoms with Crippen molar-refractivity contribution in [3.05, 3.63) is 59.4 Å². The molecule has 3 aromatic rings. The Balaban J connectivity index is 1.69. The van der Waals surface area contributed by atoms with Gasteiger partial charge in [0.1, 0.15) is 11.5 Å². The summed E-state index contributed by atoms with van der Waals surface area (Å²) in [5.41, 5.74) is 0.771. The number of methoxy groups -OCH3 is 1. The SMILES string of the molecule is COc1cccc(OCc2nnc(-c3cccc(Cl)c3)o2)c1. The number of halogens is 1. The molecule has 1 aromatic heterocycles. The maximum absolute atomic E-state index is 5.94. The molecule has 0 radical (unpaired) electrons. The minimum atomic E-state index is 0.181. The molecular weight excluding hydrogens is 304 g/mol. The second-order valence-corrected chi connectivity index (χ2v) is 4.92. The molecule has 3 rings (SSSR count). The molecule has 0 fully saturated rings. The zero-order valence-corrected chi connectivity index (χ0v) is 12.6. The fourth-order valence-corrected chi connectivity index (χ4v) is 2.08. The summed E-state index contributed by atoms with van der Waals surface area (Å²) >= 11 is 5.94. The Morgan fingerprint density at radius 3 is 2.68 bits per heavy atom. The summed E-state index contributed by atoms with van der Waals surface area (Å²) in [5.74, 6) is 2.19. The molecule has 5 nitrogen and oxygen atoms in total. The first-order valence-electron chi connectivity index (χ1n) is 6.60. The van der Waals surface area contributed by atoms with Crippen molar-refractivity contribution in [1.82, 2.24) is 10.2 Å². The van der Waals surface area contributed by atoms with Crippen LogP contribution in [0.5, 0.6) is 11.5 Å². The van der Waals surface area contributed by atoms with E-state index >= 15 is 0 Å². The van der Waals surface area contributed by atoms with Crippen LogP contribution in [0.1, 0.15) is 5.89 Å². The number of nitrogens with zero attached hydrogens (tertiary/aromatic N) is 2. The second-order valence-electron chi connectivity index (χ2n) is 4.48. The van der Waals surface area contributed by atoms with E-state index in [0.717, 1.165) is 11.3 Å². The van der Waals surface area contributed by atoms with Gasteiger partial charge >= 0.3 is 0 Å². The van der Waals surface area contributed by atoms with Crippen LogP contribution in [-0.4, -0.2) is 17.3 Å². The van der Waals surface area contributed by atoms with Gasteiger partial charge in [0.15, 0.2) is 6.61 Å². The molecule has 0 amide bonds. The average Bonchev–Trinajstić information content (AvgIpc) is 3.02. The molecule has 0 unspecified atom stereocenters. The summed E-state index contributed by atoms with van der Waals surface area (Å²) in [5, 5.41) is 8.57. The van der Waals surface area contributed by atoms with E-state index in [4.69, 9.17) is 25.5 Å². The van der Waals surface area contributed by atoms with Crippen LogP contribution >= 0.6 is 11.6 Å². The first-order valence-corrected chi connectivity index (χ1v) is 6.97. The molecule has 112 valence electrons. The van der Waals surface area contributed by atoms with Crippen LogP contribution in [0.25, 0.3) is 11.5 Å². The van der Waals surface area contributed by atoms with Crippen LogP contribution in [-0.2, 0) is 6.61 Å². The fraction of sp³-hybridized carbons (Fsp3) is 0.125. The molecule has 6 heteroatoms. The van der Waals surface area contributed by atoms with Gasteiger partial charge in [-0.05, 0) is 30.3 Å². The van der Waals surface area contributed by atoms with Crippen LogP contribution in [0, 0.1) is 0 Å². The van der Waals surface area contributed by atoms with Gasteiger partial charge in [0.05, 0.1) is 7.11 Å². The number of ether oxygens (including phenoxy) is 2. The van der Waals surface area contributed by atoms with Gasteiger partial charge in [-0.2, -0.15) is 0 Å². The highest BCUT2D eigenvalue weighted by molar-refractivity contribution is 6.30. The molecule has 0 saturated carbocycles. The maximum atomic E-state index is 5.94. The lowest BCUT2D eigenvalue weighted by atomic mass is 10.2. The Labute approximate surface area is 132 Å². The van der Waals surface area contributed by atoms with Gasteiger partial charge in [-0.15, -0.1) is 10.2 Å². The topological polar surface area (TPSA) is 57.4 Å². The van der Waals surface area contributed by atoms with Crippen LogP contribution in [0.3, 0.4) is 0 Å². The first kappa shape index (κ1) is 14.4. The first-order chi connectivity index (χ1) is 10.7. The zero-order chi connectivity index (χ0) is 15.4. The number of benzene rings is 2. The lowest BCUT2D eigenvalue weighted by molar-refractivity contribution is 0.263.